The molecule has 0 aliphatic carbocycles. The van der Waals surface area contributed by atoms with Gasteiger partial charge in [-0.15, -0.1) is 0 Å². The van der Waals surface area contributed by atoms with Crippen LogP contribution in [-0.4, -0.2) is 9.38 Å². The van der Waals surface area contributed by atoms with Gasteiger partial charge in [-0.25, -0.2) is 4.98 Å². The molecule has 2 aromatic heterocycles. The van der Waals surface area contributed by atoms with Crippen LogP contribution in [0.25, 0.3) is 16.9 Å². The summed E-state index contributed by atoms with van der Waals surface area (Å²) in [6.07, 6.45) is 1.89. The number of benzene rings is 2. The fourth-order valence-corrected chi connectivity index (χ4v) is 2.99. The van der Waals surface area contributed by atoms with Gasteiger partial charge in [0.25, 0.3) is 0 Å². The van der Waals surface area contributed by atoms with Crippen molar-refractivity contribution in [1.82, 2.24) is 9.38 Å². The Morgan fingerprint density at radius 2 is 1.48 bits per heavy atom. The number of rotatable bonds is 3. The van der Waals surface area contributed by atoms with Gasteiger partial charge in [-0.2, -0.15) is 0 Å². The Morgan fingerprint density at radius 3 is 2.16 bits per heavy atom. The van der Waals surface area contributed by atoms with E-state index in [9.17, 15) is 0 Å². The normalized spacial score (nSPS) is 11.0. The predicted molar refractivity (Wildman–Crippen MR) is 105 cm³/mol. The molecule has 4 aromatic rings. The summed E-state index contributed by atoms with van der Waals surface area (Å²) in [6.45, 7) is 4.16. The number of nitrogens with zero attached hydrogens (tertiary/aromatic N) is 2. The van der Waals surface area contributed by atoms with Crippen molar-refractivity contribution in [2.75, 3.05) is 5.32 Å². The summed E-state index contributed by atoms with van der Waals surface area (Å²) in [7, 11) is 0. The molecule has 4 heteroatoms. The highest BCUT2D eigenvalue weighted by atomic mass is 35.5. The van der Waals surface area contributed by atoms with Gasteiger partial charge in [0.2, 0.25) is 0 Å². The van der Waals surface area contributed by atoms with Crippen LogP contribution in [0.3, 0.4) is 0 Å². The van der Waals surface area contributed by atoms with Gasteiger partial charge in [0.15, 0.2) is 0 Å². The van der Waals surface area contributed by atoms with Crippen molar-refractivity contribution in [3.63, 3.8) is 0 Å². The summed E-state index contributed by atoms with van der Waals surface area (Å²) < 4.78 is 2.00. The Kier molecular flexibility index (Phi) is 3.94. The zero-order valence-corrected chi connectivity index (χ0v) is 14.9. The van der Waals surface area contributed by atoms with Gasteiger partial charge >= 0.3 is 0 Å². The Labute approximate surface area is 151 Å². The first-order valence-corrected chi connectivity index (χ1v) is 8.56. The first-order valence-electron chi connectivity index (χ1n) is 8.18. The van der Waals surface area contributed by atoms with Crippen LogP contribution in [0.15, 0.2) is 66.9 Å². The van der Waals surface area contributed by atoms with Crippen molar-refractivity contribution < 1.29 is 0 Å². The molecule has 25 heavy (non-hydrogen) atoms. The molecule has 0 radical (unpaired) electrons. The Bertz CT molecular complexity index is 1030. The van der Waals surface area contributed by atoms with Gasteiger partial charge in [-0.05, 0) is 38.1 Å². The fourth-order valence-electron chi connectivity index (χ4n) is 2.82. The number of fused-ring (bicyclic) bond motifs is 1. The Balaban J connectivity index is 1.89. The van der Waals surface area contributed by atoms with Crippen molar-refractivity contribution in [3.05, 3.63) is 83.0 Å². The molecule has 0 saturated heterocycles. The van der Waals surface area contributed by atoms with Crippen LogP contribution < -0.4 is 5.32 Å². The third-order valence-electron chi connectivity index (χ3n) is 4.22. The Hall–Kier alpha value is -2.78. The van der Waals surface area contributed by atoms with E-state index in [1.807, 2.05) is 22.7 Å². The van der Waals surface area contributed by atoms with Gasteiger partial charge in [0.05, 0.1) is 5.02 Å². The number of anilines is 2. The first kappa shape index (κ1) is 15.7. The summed E-state index contributed by atoms with van der Waals surface area (Å²) in [5.74, 6) is 0.908. The van der Waals surface area contributed by atoms with Gasteiger partial charge in [0, 0.05) is 17.4 Å². The van der Waals surface area contributed by atoms with Crippen molar-refractivity contribution >= 4 is 28.8 Å². The highest BCUT2D eigenvalue weighted by Gasteiger charge is 2.14. The number of imidazole rings is 1. The van der Waals surface area contributed by atoms with Crippen LogP contribution in [0.2, 0.25) is 5.02 Å². The molecule has 0 fully saturated rings. The third-order valence-corrected chi connectivity index (χ3v) is 4.45. The minimum absolute atomic E-state index is 0.673. The van der Waals surface area contributed by atoms with E-state index in [1.54, 1.807) is 0 Å². The molecule has 2 heterocycles. The number of aromatic nitrogens is 2. The summed E-state index contributed by atoms with van der Waals surface area (Å²) in [5, 5.41) is 4.18. The van der Waals surface area contributed by atoms with E-state index in [1.165, 1.54) is 11.1 Å². The molecule has 0 spiro atoms. The van der Waals surface area contributed by atoms with Gasteiger partial charge in [-0.3, -0.25) is 4.40 Å². The van der Waals surface area contributed by atoms with Crippen molar-refractivity contribution in [1.29, 1.82) is 0 Å². The minimum Gasteiger partial charge on any atom is -0.339 e. The number of pyridine rings is 1. The highest BCUT2D eigenvalue weighted by Crippen LogP contribution is 2.32. The lowest BCUT2D eigenvalue weighted by molar-refractivity contribution is 1.18. The van der Waals surface area contributed by atoms with Crippen LogP contribution in [-0.2, 0) is 0 Å². The third kappa shape index (κ3) is 3.11. The maximum absolute atomic E-state index is 6.21. The smallest absolute Gasteiger partial charge is 0.143 e. The lowest BCUT2D eigenvalue weighted by atomic mass is 10.1. The zero-order valence-electron chi connectivity index (χ0n) is 14.1. The van der Waals surface area contributed by atoms with E-state index in [0.29, 0.717) is 5.02 Å². The van der Waals surface area contributed by atoms with Crippen LogP contribution in [0.4, 0.5) is 11.5 Å². The topological polar surface area (TPSA) is 29.3 Å². The highest BCUT2D eigenvalue weighted by molar-refractivity contribution is 6.30. The molecule has 0 bridgehead atoms. The molecule has 0 amide bonds. The second-order valence-electron chi connectivity index (χ2n) is 6.24. The molecule has 0 aliphatic rings. The van der Waals surface area contributed by atoms with Crippen molar-refractivity contribution in [2.45, 2.75) is 13.8 Å². The quantitative estimate of drug-likeness (QED) is 0.491. The molecule has 3 nitrogen and oxygen atoms in total. The molecule has 0 atom stereocenters. The average Bonchev–Trinajstić information content (AvgIpc) is 2.95. The van der Waals surface area contributed by atoms with Crippen molar-refractivity contribution in [2.24, 2.45) is 0 Å². The molecular formula is C21H18ClN3. The number of hydrogen-bond acceptors (Lipinski definition) is 2. The molecule has 2 aromatic carbocycles. The number of hydrogen-bond donors (Lipinski definition) is 1. The summed E-state index contributed by atoms with van der Waals surface area (Å²) >= 11 is 6.21. The van der Waals surface area contributed by atoms with E-state index in [-0.39, 0.29) is 0 Å². The predicted octanol–water partition coefficient (Wildman–Crippen LogP) is 6.02. The maximum Gasteiger partial charge on any atom is 0.143 e. The lowest BCUT2D eigenvalue weighted by Crippen LogP contribution is -1.97. The molecular weight excluding hydrogens is 330 g/mol. The molecule has 1 N–H and O–H groups in total. The molecule has 124 valence electrons. The first-order chi connectivity index (χ1) is 12.1. The second-order valence-corrected chi connectivity index (χ2v) is 6.68. The van der Waals surface area contributed by atoms with Crippen LogP contribution in [0.5, 0.6) is 0 Å². The van der Waals surface area contributed by atoms with Gasteiger partial charge < -0.3 is 5.32 Å². The summed E-state index contributed by atoms with van der Waals surface area (Å²) in [4.78, 5) is 4.81. The van der Waals surface area contributed by atoms with E-state index < -0.39 is 0 Å². The standard InChI is InChI=1S/C21H18ClN3/c1-14-3-7-16(8-4-14)20-21(23-18-10-5-15(2)6-11-18)25-13-17(22)9-12-19(25)24-20/h3-13,23H,1-2H3. The monoisotopic (exact) mass is 347 g/mol. The largest absolute Gasteiger partial charge is 0.339 e. The fraction of sp³-hybridized carbons (Fsp3) is 0.0952. The number of nitrogens with one attached hydrogen (secondary N) is 1. The van der Waals surface area contributed by atoms with E-state index in [0.717, 1.165) is 28.4 Å². The summed E-state index contributed by atoms with van der Waals surface area (Å²) in [5.41, 5.74) is 6.30. The van der Waals surface area contributed by atoms with E-state index >= 15 is 0 Å². The van der Waals surface area contributed by atoms with Crippen LogP contribution in [0.1, 0.15) is 11.1 Å². The summed E-state index contributed by atoms with van der Waals surface area (Å²) in [6, 6.07) is 20.5. The molecule has 0 saturated carbocycles. The SMILES string of the molecule is Cc1ccc(Nc2c(-c3ccc(C)cc3)nc3ccc(Cl)cn23)cc1. The Morgan fingerprint density at radius 1 is 0.840 bits per heavy atom. The molecule has 0 aliphatic heterocycles. The molecule has 0 unspecified atom stereocenters. The van der Waals surface area contributed by atoms with E-state index in [2.05, 4.69) is 67.7 Å². The maximum atomic E-state index is 6.21. The van der Waals surface area contributed by atoms with Gasteiger partial charge in [0.1, 0.15) is 17.2 Å². The van der Waals surface area contributed by atoms with Crippen molar-refractivity contribution in [3.8, 4) is 11.3 Å². The average molecular weight is 348 g/mol. The zero-order chi connectivity index (χ0) is 17.4. The minimum atomic E-state index is 0.673. The molecule has 4 rings (SSSR count). The second kappa shape index (κ2) is 6.26. The number of halogens is 1. The van der Waals surface area contributed by atoms with Gasteiger partial charge in [-0.1, -0.05) is 59.1 Å². The number of aryl methyl sites for hydroxylation is 2. The lowest BCUT2D eigenvalue weighted by Gasteiger charge is -2.10. The van der Waals surface area contributed by atoms with Crippen LogP contribution >= 0.6 is 11.6 Å². The van der Waals surface area contributed by atoms with Crippen LogP contribution in [0, 0.1) is 13.8 Å². The van der Waals surface area contributed by atoms with E-state index in [4.69, 9.17) is 16.6 Å².